The van der Waals surface area contributed by atoms with Gasteiger partial charge in [0.15, 0.2) is 4.90 Å². The van der Waals surface area contributed by atoms with Gasteiger partial charge in [0, 0.05) is 26.7 Å². The van der Waals surface area contributed by atoms with Crippen molar-refractivity contribution in [2.75, 3.05) is 31.3 Å². The number of benzene rings is 1. The SMILES string of the molecule is CN(C)[S+]([O-])c1ccc(CCNc2ncc(C#N)c(N[C@@H]3CC[C@H](O)C(C)(C)C3)n2)cc1. The van der Waals surface area contributed by atoms with E-state index >= 15 is 0 Å². The van der Waals surface area contributed by atoms with Crippen LogP contribution in [0.15, 0.2) is 35.4 Å². The van der Waals surface area contributed by atoms with Crippen LogP contribution in [-0.2, 0) is 17.8 Å². The number of aliphatic hydroxyl groups excluding tert-OH is 1. The Bertz CT molecular complexity index is 944. The lowest BCUT2D eigenvalue weighted by atomic mass is 9.73. The van der Waals surface area contributed by atoms with Crippen molar-refractivity contribution >= 4 is 23.1 Å². The van der Waals surface area contributed by atoms with Crippen LogP contribution in [0.2, 0.25) is 0 Å². The normalized spacial score (nSPS) is 21.1. The number of rotatable bonds is 8. The molecule has 0 saturated heterocycles. The zero-order valence-corrected chi connectivity index (χ0v) is 19.9. The average molecular weight is 457 g/mol. The highest BCUT2D eigenvalue weighted by molar-refractivity contribution is 7.89. The first kappa shape index (κ1) is 24.3. The van der Waals surface area contributed by atoms with E-state index in [9.17, 15) is 14.9 Å². The first-order chi connectivity index (χ1) is 15.2. The number of nitrogens with zero attached hydrogens (tertiary/aromatic N) is 4. The number of aromatic nitrogens is 2. The molecule has 9 heteroatoms. The highest BCUT2D eigenvalue weighted by Gasteiger charge is 2.35. The Labute approximate surface area is 193 Å². The molecule has 1 aromatic carbocycles. The summed E-state index contributed by atoms with van der Waals surface area (Å²) in [6.45, 7) is 4.76. The summed E-state index contributed by atoms with van der Waals surface area (Å²) in [5, 5.41) is 26.3. The van der Waals surface area contributed by atoms with Gasteiger partial charge in [0.25, 0.3) is 0 Å². The molecule has 0 bridgehead atoms. The minimum atomic E-state index is -1.14. The maximum Gasteiger partial charge on any atom is 0.224 e. The molecule has 0 amide bonds. The smallest absolute Gasteiger partial charge is 0.224 e. The van der Waals surface area contributed by atoms with E-state index in [4.69, 9.17) is 0 Å². The summed E-state index contributed by atoms with van der Waals surface area (Å²) in [6, 6.07) is 10.0. The van der Waals surface area contributed by atoms with E-state index in [1.165, 1.54) is 6.20 Å². The highest BCUT2D eigenvalue weighted by atomic mass is 32.2. The number of hydrogen-bond acceptors (Lipinski definition) is 8. The summed E-state index contributed by atoms with van der Waals surface area (Å²) in [5.74, 6) is 0.990. The molecule has 1 aliphatic carbocycles. The van der Waals surface area contributed by atoms with E-state index in [0.717, 1.165) is 36.1 Å². The molecule has 3 N–H and O–H groups in total. The zero-order valence-electron chi connectivity index (χ0n) is 19.1. The van der Waals surface area contributed by atoms with Gasteiger partial charge in [-0.2, -0.15) is 10.2 Å². The van der Waals surface area contributed by atoms with E-state index in [0.29, 0.717) is 23.9 Å². The predicted molar refractivity (Wildman–Crippen MR) is 127 cm³/mol. The molecule has 0 spiro atoms. The molecule has 32 heavy (non-hydrogen) atoms. The Balaban J connectivity index is 1.59. The summed E-state index contributed by atoms with van der Waals surface area (Å²) < 4.78 is 13.8. The molecule has 0 aliphatic heterocycles. The Morgan fingerprint density at radius 1 is 1.28 bits per heavy atom. The van der Waals surface area contributed by atoms with Crippen molar-refractivity contribution in [2.24, 2.45) is 5.41 Å². The largest absolute Gasteiger partial charge is 0.593 e. The summed E-state index contributed by atoms with van der Waals surface area (Å²) in [4.78, 5) is 9.56. The first-order valence-corrected chi connectivity index (χ1v) is 11.9. The third-order valence-corrected chi connectivity index (χ3v) is 7.21. The van der Waals surface area contributed by atoms with Crippen LogP contribution in [0.3, 0.4) is 0 Å². The molecular formula is C23H32N6O2S. The van der Waals surface area contributed by atoms with E-state index in [1.54, 1.807) is 18.4 Å². The number of nitrogens with one attached hydrogen (secondary N) is 2. The molecule has 1 aromatic heterocycles. The Morgan fingerprint density at radius 2 is 2.00 bits per heavy atom. The second-order valence-electron chi connectivity index (χ2n) is 9.08. The third-order valence-electron chi connectivity index (χ3n) is 5.87. The van der Waals surface area contributed by atoms with Crippen LogP contribution >= 0.6 is 0 Å². The molecule has 2 aromatic rings. The first-order valence-electron chi connectivity index (χ1n) is 10.8. The molecule has 1 heterocycles. The lowest BCUT2D eigenvalue weighted by molar-refractivity contribution is 0.00926. The van der Waals surface area contributed by atoms with Gasteiger partial charge in [-0.15, -0.1) is 4.31 Å². The molecule has 3 atom stereocenters. The van der Waals surface area contributed by atoms with Crippen molar-refractivity contribution in [1.82, 2.24) is 14.3 Å². The van der Waals surface area contributed by atoms with E-state index in [2.05, 4.69) is 40.5 Å². The maximum absolute atomic E-state index is 12.1. The Hall–Kier alpha value is -2.38. The maximum atomic E-state index is 12.1. The van der Waals surface area contributed by atoms with Gasteiger partial charge in [0.2, 0.25) is 5.95 Å². The number of nitriles is 1. The number of hydrogen-bond donors (Lipinski definition) is 3. The quantitative estimate of drug-likeness (QED) is 0.519. The van der Waals surface area contributed by atoms with Crippen LogP contribution in [-0.4, -0.2) is 56.7 Å². The van der Waals surface area contributed by atoms with E-state index in [1.807, 2.05) is 24.3 Å². The van der Waals surface area contributed by atoms with Crippen molar-refractivity contribution in [2.45, 2.75) is 56.6 Å². The van der Waals surface area contributed by atoms with Gasteiger partial charge in [-0.05, 0) is 48.8 Å². The van der Waals surface area contributed by atoms with Crippen LogP contribution in [0.25, 0.3) is 0 Å². The van der Waals surface area contributed by atoms with Crippen molar-refractivity contribution < 1.29 is 9.66 Å². The fraction of sp³-hybridized carbons (Fsp3) is 0.522. The second kappa shape index (κ2) is 10.5. The minimum Gasteiger partial charge on any atom is -0.593 e. The molecule has 3 rings (SSSR count). The summed E-state index contributed by atoms with van der Waals surface area (Å²) in [5.41, 5.74) is 1.35. The standard InChI is InChI=1S/C23H32N6O2S/c1-23(2)13-18(7-10-20(23)30)27-21-17(14-24)15-26-22(28-21)25-12-11-16-5-8-19(9-6-16)32(31)29(3)4/h5-6,8-9,15,18,20,30H,7,10-13H2,1-4H3,(H2,25,26,27,28)/t18-,20+,32?/m1/s1. The van der Waals surface area contributed by atoms with Gasteiger partial charge in [-0.25, -0.2) is 4.98 Å². The van der Waals surface area contributed by atoms with Crippen molar-refractivity contribution in [3.05, 3.63) is 41.6 Å². The molecule has 1 saturated carbocycles. The van der Waals surface area contributed by atoms with Crippen molar-refractivity contribution in [3.63, 3.8) is 0 Å². The summed E-state index contributed by atoms with van der Waals surface area (Å²) in [6.07, 6.45) is 4.35. The lowest BCUT2D eigenvalue weighted by Crippen LogP contribution is -2.41. The van der Waals surface area contributed by atoms with Gasteiger partial charge in [0.05, 0.1) is 23.7 Å². The van der Waals surface area contributed by atoms with Gasteiger partial charge in [-0.3, -0.25) is 0 Å². The summed E-state index contributed by atoms with van der Waals surface area (Å²) in [7, 11) is 3.57. The topological polar surface area (TPSA) is 120 Å². The fourth-order valence-corrected chi connectivity index (χ4v) is 4.69. The van der Waals surface area contributed by atoms with Crippen LogP contribution in [0.4, 0.5) is 11.8 Å². The third kappa shape index (κ3) is 6.11. The fourth-order valence-electron chi connectivity index (χ4n) is 3.90. The Kier molecular flexibility index (Phi) is 7.96. The molecule has 1 aliphatic rings. The molecule has 0 radical (unpaired) electrons. The van der Waals surface area contributed by atoms with Crippen LogP contribution in [0.5, 0.6) is 0 Å². The van der Waals surface area contributed by atoms with Crippen LogP contribution < -0.4 is 10.6 Å². The second-order valence-corrected chi connectivity index (χ2v) is 10.8. The Morgan fingerprint density at radius 3 is 2.62 bits per heavy atom. The van der Waals surface area contributed by atoms with Gasteiger partial charge in [0.1, 0.15) is 17.5 Å². The van der Waals surface area contributed by atoms with Crippen molar-refractivity contribution in [3.8, 4) is 6.07 Å². The average Bonchev–Trinajstić information content (AvgIpc) is 2.76. The van der Waals surface area contributed by atoms with Gasteiger partial charge >= 0.3 is 0 Å². The molecule has 1 fully saturated rings. The lowest BCUT2D eigenvalue weighted by Gasteiger charge is -2.40. The number of aliphatic hydroxyl groups is 1. The van der Waals surface area contributed by atoms with Gasteiger partial charge < -0.3 is 20.3 Å². The molecular weight excluding hydrogens is 424 g/mol. The monoisotopic (exact) mass is 456 g/mol. The molecule has 172 valence electrons. The zero-order chi connectivity index (χ0) is 23.3. The minimum absolute atomic E-state index is 0.148. The van der Waals surface area contributed by atoms with E-state index in [-0.39, 0.29) is 17.6 Å². The molecule has 1 unspecified atom stereocenters. The molecule has 8 nitrogen and oxygen atoms in total. The van der Waals surface area contributed by atoms with E-state index < -0.39 is 11.4 Å². The van der Waals surface area contributed by atoms with Crippen LogP contribution in [0, 0.1) is 16.7 Å². The van der Waals surface area contributed by atoms with Crippen molar-refractivity contribution in [1.29, 1.82) is 5.26 Å². The predicted octanol–water partition coefficient (Wildman–Crippen LogP) is 2.94. The van der Waals surface area contributed by atoms with Crippen LogP contribution in [0.1, 0.15) is 44.2 Å². The highest BCUT2D eigenvalue weighted by Crippen LogP contribution is 2.36. The number of anilines is 2. The van der Waals surface area contributed by atoms with Gasteiger partial charge in [-0.1, -0.05) is 26.0 Å². The summed E-state index contributed by atoms with van der Waals surface area (Å²) >= 11 is -1.14.